The quantitative estimate of drug-likeness (QED) is 0.248. The summed E-state index contributed by atoms with van der Waals surface area (Å²) in [6, 6.07) is 5.44. The molecule has 0 aromatic carbocycles. The number of rotatable bonds is 11. The molecule has 0 aliphatic rings. The van der Waals surface area contributed by atoms with Gasteiger partial charge in [0.25, 0.3) is 0 Å². The smallest absolute Gasteiger partial charge is 0.427 e. The van der Waals surface area contributed by atoms with Gasteiger partial charge >= 0.3 is 7.12 Å². The maximum atomic E-state index is 11.3. The molecular formula is C18H29BN6O4. The summed E-state index contributed by atoms with van der Waals surface area (Å²) in [6.07, 6.45) is 2.80. The van der Waals surface area contributed by atoms with Gasteiger partial charge in [0.1, 0.15) is 24.1 Å². The van der Waals surface area contributed by atoms with Crippen molar-refractivity contribution in [1.82, 2.24) is 25.1 Å². The van der Waals surface area contributed by atoms with Crippen molar-refractivity contribution in [2.45, 2.75) is 51.7 Å². The van der Waals surface area contributed by atoms with Crippen molar-refractivity contribution < 1.29 is 19.6 Å². The molecule has 29 heavy (non-hydrogen) atoms. The van der Waals surface area contributed by atoms with E-state index in [2.05, 4.69) is 32.7 Å². The zero-order valence-corrected chi connectivity index (χ0v) is 17.2. The zero-order valence-electron chi connectivity index (χ0n) is 17.2. The molecule has 2 heterocycles. The van der Waals surface area contributed by atoms with Gasteiger partial charge in [-0.15, -0.1) is 10.2 Å². The second kappa shape index (κ2) is 11.0. The van der Waals surface area contributed by atoms with Crippen LogP contribution in [0.5, 0.6) is 0 Å². The fourth-order valence-corrected chi connectivity index (χ4v) is 2.94. The molecule has 3 atom stereocenters. The zero-order chi connectivity index (χ0) is 21.4. The molecule has 11 heteroatoms. The van der Waals surface area contributed by atoms with E-state index in [0.717, 1.165) is 12.8 Å². The second-order valence-electron chi connectivity index (χ2n) is 7.00. The predicted molar refractivity (Wildman–Crippen MR) is 110 cm³/mol. The lowest BCUT2D eigenvalue weighted by Crippen LogP contribution is -2.39. The summed E-state index contributed by atoms with van der Waals surface area (Å²) in [5.41, 5.74) is 0.623. The van der Waals surface area contributed by atoms with Gasteiger partial charge < -0.3 is 24.7 Å². The molecule has 0 fully saturated rings. The number of nitrogens with zero attached hydrogens (tertiary/aromatic N) is 4. The Bertz CT molecular complexity index is 787. The minimum Gasteiger partial charge on any atom is -0.427 e. The fraction of sp³-hybridized carbons (Fsp3) is 0.556. The predicted octanol–water partition coefficient (Wildman–Crippen LogP) is 1.06. The van der Waals surface area contributed by atoms with Gasteiger partial charge in [-0.25, -0.2) is 4.98 Å². The van der Waals surface area contributed by atoms with Crippen LogP contribution in [-0.2, 0) is 9.53 Å². The number of carbonyl (C=O) groups is 1. The van der Waals surface area contributed by atoms with E-state index in [1.807, 2.05) is 10.6 Å². The van der Waals surface area contributed by atoms with Crippen LogP contribution < -0.4 is 10.6 Å². The number of anilines is 1. The Kier molecular flexibility index (Phi) is 8.71. The molecule has 0 aliphatic heterocycles. The van der Waals surface area contributed by atoms with Gasteiger partial charge in [0.2, 0.25) is 5.91 Å². The van der Waals surface area contributed by atoms with Crippen molar-refractivity contribution in [1.29, 1.82) is 0 Å². The molecule has 0 saturated carbocycles. The number of hydrogen-bond donors (Lipinski definition) is 4. The first-order valence-electron chi connectivity index (χ1n) is 9.63. The Hall–Kier alpha value is -2.34. The van der Waals surface area contributed by atoms with Gasteiger partial charge in [0, 0.05) is 25.4 Å². The number of ether oxygens (including phenoxy) is 1. The molecule has 2 rings (SSSR count). The number of hydrogen-bond acceptors (Lipinski definition) is 8. The number of amides is 1. The summed E-state index contributed by atoms with van der Waals surface area (Å²) < 4.78 is 7.67. The summed E-state index contributed by atoms with van der Waals surface area (Å²) >= 11 is 0. The highest BCUT2D eigenvalue weighted by Crippen LogP contribution is 2.23. The van der Waals surface area contributed by atoms with Crippen LogP contribution in [0.15, 0.2) is 24.5 Å². The number of carbonyl (C=O) groups excluding carboxylic acids is 1. The maximum Gasteiger partial charge on any atom is 0.458 e. The Morgan fingerprint density at radius 3 is 2.76 bits per heavy atom. The Morgan fingerprint density at radius 2 is 2.10 bits per heavy atom. The van der Waals surface area contributed by atoms with Crippen LogP contribution in [0.1, 0.15) is 39.7 Å². The Balaban J connectivity index is 1.95. The van der Waals surface area contributed by atoms with E-state index < -0.39 is 19.2 Å². The average Bonchev–Trinajstić information content (AvgIpc) is 3.17. The van der Waals surface area contributed by atoms with Crippen molar-refractivity contribution in [3.8, 4) is 11.5 Å². The summed E-state index contributed by atoms with van der Waals surface area (Å²) in [4.78, 5) is 15.7. The lowest BCUT2D eigenvalue weighted by molar-refractivity contribution is -0.114. The molecule has 1 unspecified atom stereocenters. The molecule has 0 spiro atoms. The van der Waals surface area contributed by atoms with Crippen molar-refractivity contribution in [3.63, 3.8) is 0 Å². The summed E-state index contributed by atoms with van der Waals surface area (Å²) in [6.45, 7) is 5.67. The maximum absolute atomic E-state index is 11.3. The molecule has 1 amide bonds. The third kappa shape index (κ3) is 6.60. The third-order valence-electron chi connectivity index (χ3n) is 4.63. The number of aromatic nitrogens is 4. The van der Waals surface area contributed by atoms with Gasteiger partial charge in [0.05, 0.1) is 0 Å². The second-order valence-corrected chi connectivity index (χ2v) is 7.00. The molecule has 0 radical (unpaired) electrons. The largest absolute Gasteiger partial charge is 0.458 e. The monoisotopic (exact) mass is 404 g/mol. The van der Waals surface area contributed by atoms with E-state index in [4.69, 9.17) is 4.74 Å². The van der Waals surface area contributed by atoms with E-state index >= 15 is 0 Å². The van der Waals surface area contributed by atoms with Crippen LogP contribution in [0.25, 0.3) is 11.5 Å². The molecule has 10 nitrogen and oxygen atoms in total. The van der Waals surface area contributed by atoms with E-state index in [0.29, 0.717) is 23.9 Å². The first-order valence-corrected chi connectivity index (χ1v) is 9.63. The topological polar surface area (TPSA) is 134 Å². The van der Waals surface area contributed by atoms with Gasteiger partial charge in [-0.1, -0.05) is 13.0 Å². The molecule has 0 saturated heterocycles. The molecule has 0 aliphatic carbocycles. The highest BCUT2D eigenvalue weighted by atomic mass is 16.5. The van der Waals surface area contributed by atoms with Crippen LogP contribution in [0, 0.1) is 0 Å². The van der Waals surface area contributed by atoms with Crippen LogP contribution in [-0.4, -0.2) is 62.7 Å². The van der Waals surface area contributed by atoms with Crippen molar-refractivity contribution in [2.75, 3.05) is 19.0 Å². The van der Waals surface area contributed by atoms with E-state index in [1.165, 1.54) is 6.92 Å². The molecule has 0 bridgehead atoms. The SMILES string of the molecule is CN[C@@H](OCCC[C@H](C)n1cnnc1-c1cccc(NC(C)=O)n1)C(C)B(O)O. The van der Waals surface area contributed by atoms with Crippen LogP contribution >= 0.6 is 0 Å². The Labute approximate surface area is 170 Å². The van der Waals surface area contributed by atoms with Gasteiger partial charge in [0.15, 0.2) is 5.82 Å². The van der Waals surface area contributed by atoms with E-state index in [-0.39, 0.29) is 11.9 Å². The molecular weight excluding hydrogens is 375 g/mol. The highest BCUT2D eigenvalue weighted by Gasteiger charge is 2.27. The van der Waals surface area contributed by atoms with E-state index in [9.17, 15) is 14.8 Å². The molecule has 2 aromatic rings. The van der Waals surface area contributed by atoms with Crippen molar-refractivity contribution >= 4 is 18.8 Å². The molecule has 2 aromatic heterocycles. The molecule has 4 N–H and O–H groups in total. The van der Waals surface area contributed by atoms with Crippen LogP contribution in [0.2, 0.25) is 5.82 Å². The van der Waals surface area contributed by atoms with Crippen LogP contribution in [0.3, 0.4) is 0 Å². The fourth-order valence-electron chi connectivity index (χ4n) is 2.94. The average molecular weight is 404 g/mol. The highest BCUT2D eigenvalue weighted by molar-refractivity contribution is 6.43. The lowest BCUT2D eigenvalue weighted by Gasteiger charge is -2.23. The van der Waals surface area contributed by atoms with E-state index in [1.54, 1.807) is 32.4 Å². The number of nitrogens with one attached hydrogen (secondary N) is 2. The van der Waals surface area contributed by atoms with Gasteiger partial charge in [-0.3, -0.25) is 10.1 Å². The van der Waals surface area contributed by atoms with Crippen molar-refractivity contribution in [2.24, 2.45) is 0 Å². The minimum atomic E-state index is -1.44. The summed E-state index contributed by atoms with van der Waals surface area (Å²) in [5, 5.41) is 32.4. The minimum absolute atomic E-state index is 0.101. The standard InChI is InChI=1S/C18H29BN6O4/c1-12(7-6-10-29-18(20-4)13(2)19(27)28)25-11-21-24-17(25)15-8-5-9-16(23-15)22-14(3)26/h5,8-9,11-13,18,20,27-28H,6-7,10H2,1-4H3,(H,22,23,26)/t12-,13?,18-/m0/s1. The Morgan fingerprint density at radius 1 is 1.34 bits per heavy atom. The lowest BCUT2D eigenvalue weighted by atomic mass is 9.73. The molecule has 158 valence electrons. The summed E-state index contributed by atoms with van der Waals surface area (Å²) in [7, 11) is 0.282. The van der Waals surface area contributed by atoms with Gasteiger partial charge in [-0.2, -0.15) is 0 Å². The van der Waals surface area contributed by atoms with Gasteiger partial charge in [-0.05, 0) is 38.9 Å². The summed E-state index contributed by atoms with van der Waals surface area (Å²) in [5.74, 6) is 0.455. The first kappa shape index (κ1) is 22.9. The van der Waals surface area contributed by atoms with Crippen LogP contribution in [0.4, 0.5) is 5.82 Å². The normalized spacial score (nSPS) is 14.3. The van der Waals surface area contributed by atoms with Crippen molar-refractivity contribution in [3.05, 3.63) is 24.5 Å². The third-order valence-corrected chi connectivity index (χ3v) is 4.63. The first-order chi connectivity index (χ1) is 13.8. The number of pyridine rings is 1.